The molecule has 5 heteroatoms. The van der Waals surface area contributed by atoms with Crippen molar-refractivity contribution < 1.29 is 14.3 Å². The molecule has 0 atom stereocenters. The Morgan fingerprint density at radius 2 is 1.64 bits per heavy atom. The quantitative estimate of drug-likeness (QED) is 0.573. The maximum Gasteiger partial charge on any atom is 0.313 e. The Balaban J connectivity index is 1.71. The molecule has 2 rings (SSSR count). The van der Waals surface area contributed by atoms with Crippen LogP contribution in [0.15, 0.2) is 54.6 Å². The van der Waals surface area contributed by atoms with Crippen molar-refractivity contribution >= 4 is 17.5 Å². The van der Waals surface area contributed by atoms with Gasteiger partial charge in [-0.2, -0.15) is 0 Å². The van der Waals surface area contributed by atoms with Gasteiger partial charge in [0.2, 0.25) is 0 Å². The largest absolute Gasteiger partial charge is 0.492 e. The van der Waals surface area contributed by atoms with Crippen LogP contribution in [0.5, 0.6) is 5.75 Å². The van der Waals surface area contributed by atoms with Gasteiger partial charge >= 0.3 is 11.8 Å². The summed E-state index contributed by atoms with van der Waals surface area (Å²) < 4.78 is 5.43. The fourth-order valence-corrected chi connectivity index (χ4v) is 2.41. The number of unbranched alkanes of at least 4 members (excludes halogenated alkanes) is 1. The number of para-hydroxylation sites is 2. The van der Waals surface area contributed by atoms with E-state index in [0.29, 0.717) is 24.6 Å². The number of benzene rings is 2. The van der Waals surface area contributed by atoms with E-state index in [1.807, 2.05) is 31.2 Å². The summed E-state index contributed by atoms with van der Waals surface area (Å²) in [5, 5.41) is 5.23. The summed E-state index contributed by atoms with van der Waals surface area (Å²) in [5.74, 6) is -0.768. The molecule has 0 radical (unpaired) electrons. The lowest BCUT2D eigenvalue weighted by Gasteiger charge is -2.11. The van der Waals surface area contributed by atoms with Gasteiger partial charge in [0, 0.05) is 6.54 Å². The molecule has 5 nitrogen and oxygen atoms in total. The van der Waals surface area contributed by atoms with Gasteiger partial charge in [-0.1, -0.05) is 42.5 Å². The summed E-state index contributed by atoms with van der Waals surface area (Å²) in [6.45, 7) is 2.83. The second-order valence-corrected chi connectivity index (χ2v) is 5.58. The lowest BCUT2D eigenvalue weighted by atomic mass is 10.1. The first kappa shape index (κ1) is 18.5. The van der Waals surface area contributed by atoms with Crippen molar-refractivity contribution in [1.29, 1.82) is 0 Å². The van der Waals surface area contributed by atoms with Gasteiger partial charge in [-0.25, -0.2) is 0 Å². The van der Waals surface area contributed by atoms with Crippen LogP contribution in [-0.2, 0) is 16.0 Å². The molecule has 0 aliphatic heterocycles. The number of nitrogens with one attached hydrogen (secondary N) is 2. The highest BCUT2D eigenvalue weighted by Gasteiger charge is 2.15. The molecule has 0 heterocycles. The monoisotopic (exact) mass is 340 g/mol. The lowest BCUT2D eigenvalue weighted by molar-refractivity contribution is -0.136. The van der Waals surface area contributed by atoms with Gasteiger partial charge < -0.3 is 15.4 Å². The average Bonchev–Trinajstić information content (AvgIpc) is 2.64. The second kappa shape index (κ2) is 10.1. The van der Waals surface area contributed by atoms with Crippen molar-refractivity contribution in [3.63, 3.8) is 0 Å². The summed E-state index contributed by atoms with van der Waals surface area (Å²) in [6.07, 6.45) is 2.74. The van der Waals surface area contributed by atoms with Crippen LogP contribution in [0.4, 0.5) is 5.69 Å². The molecule has 0 fully saturated rings. The Labute approximate surface area is 148 Å². The molecule has 0 spiro atoms. The van der Waals surface area contributed by atoms with E-state index in [0.717, 1.165) is 19.3 Å². The SMILES string of the molecule is CCOc1ccccc1NC(=O)C(=O)NCCCCc1ccccc1. The van der Waals surface area contributed by atoms with Crippen LogP contribution in [0.1, 0.15) is 25.3 Å². The molecule has 0 saturated carbocycles. The van der Waals surface area contributed by atoms with Crippen molar-refractivity contribution in [2.75, 3.05) is 18.5 Å². The minimum absolute atomic E-state index is 0.478. The summed E-state index contributed by atoms with van der Waals surface area (Å²) >= 11 is 0. The molecule has 132 valence electrons. The Morgan fingerprint density at radius 1 is 0.920 bits per heavy atom. The molecule has 0 saturated heterocycles. The average molecular weight is 340 g/mol. The smallest absolute Gasteiger partial charge is 0.313 e. The van der Waals surface area contributed by atoms with Crippen LogP contribution in [0.2, 0.25) is 0 Å². The van der Waals surface area contributed by atoms with Crippen molar-refractivity contribution in [3.05, 3.63) is 60.2 Å². The predicted octanol–water partition coefficient (Wildman–Crippen LogP) is 3.16. The molecular formula is C20H24N2O3. The molecule has 25 heavy (non-hydrogen) atoms. The molecule has 0 aliphatic carbocycles. The minimum atomic E-state index is -0.685. The molecule has 2 N–H and O–H groups in total. The standard InChI is InChI=1S/C20H24N2O3/c1-2-25-18-14-7-6-13-17(18)22-20(24)19(23)21-15-9-8-12-16-10-4-3-5-11-16/h3-7,10-11,13-14H,2,8-9,12,15H2,1H3,(H,21,23)(H,22,24). The van der Waals surface area contributed by atoms with Gasteiger partial charge in [0.05, 0.1) is 12.3 Å². The number of carbonyl (C=O) groups is 2. The van der Waals surface area contributed by atoms with E-state index in [9.17, 15) is 9.59 Å². The Bertz CT molecular complexity index is 686. The Hall–Kier alpha value is -2.82. The number of anilines is 1. The fraction of sp³-hybridized carbons (Fsp3) is 0.300. The summed E-state index contributed by atoms with van der Waals surface area (Å²) in [6, 6.07) is 17.2. The Morgan fingerprint density at radius 3 is 2.40 bits per heavy atom. The van der Waals surface area contributed by atoms with E-state index < -0.39 is 11.8 Å². The Kier molecular flexibility index (Phi) is 7.50. The van der Waals surface area contributed by atoms with Gasteiger partial charge in [0.15, 0.2) is 0 Å². The number of amides is 2. The van der Waals surface area contributed by atoms with Crippen LogP contribution in [0, 0.1) is 0 Å². The highest BCUT2D eigenvalue weighted by Crippen LogP contribution is 2.23. The van der Waals surface area contributed by atoms with E-state index in [1.54, 1.807) is 18.2 Å². The third-order valence-electron chi connectivity index (χ3n) is 3.66. The van der Waals surface area contributed by atoms with Gasteiger partial charge in [-0.3, -0.25) is 9.59 Å². The van der Waals surface area contributed by atoms with Crippen molar-refractivity contribution in [2.45, 2.75) is 26.2 Å². The third kappa shape index (κ3) is 6.30. The maximum atomic E-state index is 12.0. The number of carbonyl (C=O) groups excluding carboxylic acids is 2. The first-order valence-electron chi connectivity index (χ1n) is 8.55. The van der Waals surface area contributed by atoms with Gasteiger partial charge in [-0.05, 0) is 43.9 Å². The number of rotatable bonds is 8. The van der Waals surface area contributed by atoms with Crippen LogP contribution in [0.25, 0.3) is 0 Å². The number of hydrogen-bond donors (Lipinski definition) is 2. The summed E-state index contributed by atoms with van der Waals surface area (Å²) in [4.78, 5) is 23.9. The molecule has 2 aromatic carbocycles. The van der Waals surface area contributed by atoms with Crippen LogP contribution in [0.3, 0.4) is 0 Å². The zero-order chi connectivity index (χ0) is 17.9. The van der Waals surface area contributed by atoms with E-state index in [4.69, 9.17) is 4.74 Å². The fourth-order valence-electron chi connectivity index (χ4n) is 2.41. The van der Waals surface area contributed by atoms with Crippen LogP contribution < -0.4 is 15.4 Å². The third-order valence-corrected chi connectivity index (χ3v) is 3.66. The zero-order valence-electron chi connectivity index (χ0n) is 14.5. The van der Waals surface area contributed by atoms with Crippen LogP contribution in [-0.4, -0.2) is 25.0 Å². The number of aryl methyl sites for hydroxylation is 1. The first-order chi connectivity index (χ1) is 12.2. The topological polar surface area (TPSA) is 67.4 Å². The molecule has 0 unspecified atom stereocenters. The first-order valence-corrected chi connectivity index (χ1v) is 8.55. The van der Waals surface area contributed by atoms with Gasteiger partial charge in [-0.15, -0.1) is 0 Å². The summed E-state index contributed by atoms with van der Waals surface area (Å²) in [7, 11) is 0. The van der Waals surface area contributed by atoms with E-state index in [-0.39, 0.29) is 0 Å². The maximum absolute atomic E-state index is 12.0. The molecule has 2 aromatic rings. The molecule has 2 amide bonds. The van der Waals surface area contributed by atoms with Gasteiger partial charge in [0.1, 0.15) is 5.75 Å². The lowest BCUT2D eigenvalue weighted by Crippen LogP contribution is -2.36. The molecule has 0 bridgehead atoms. The van der Waals surface area contributed by atoms with Crippen molar-refractivity contribution in [2.24, 2.45) is 0 Å². The van der Waals surface area contributed by atoms with E-state index >= 15 is 0 Å². The van der Waals surface area contributed by atoms with E-state index in [1.165, 1.54) is 5.56 Å². The summed E-state index contributed by atoms with van der Waals surface area (Å²) in [5.41, 5.74) is 1.77. The van der Waals surface area contributed by atoms with Crippen molar-refractivity contribution in [1.82, 2.24) is 5.32 Å². The minimum Gasteiger partial charge on any atom is -0.492 e. The molecule has 0 aromatic heterocycles. The normalized spacial score (nSPS) is 10.1. The highest BCUT2D eigenvalue weighted by atomic mass is 16.5. The van der Waals surface area contributed by atoms with Gasteiger partial charge in [0.25, 0.3) is 0 Å². The number of hydrogen-bond acceptors (Lipinski definition) is 3. The zero-order valence-corrected chi connectivity index (χ0v) is 14.5. The van der Waals surface area contributed by atoms with E-state index in [2.05, 4.69) is 22.8 Å². The molecule has 0 aliphatic rings. The molecular weight excluding hydrogens is 316 g/mol. The second-order valence-electron chi connectivity index (χ2n) is 5.58. The highest BCUT2D eigenvalue weighted by molar-refractivity contribution is 6.39. The van der Waals surface area contributed by atoms with Crippen LogP contribution >= 0.6 is 0 Å². The number of ether oxygens (including phenoxy) is 1. The predicted molar refractivity (Wildman–Crippen MR) is 98.6 cm³/mol. The van der Waals surface area contributed by atoms with Crippen molar-refractivity contribution in [3.8, 4) is 5.75 Å².